The van der Waals surface area contributed by atoms with Crippen molar-refractivity contribution in [2.24, 2.45) is 0 Å². The Bertz CT molecular complexity index is 1300. The summed E-state index contributed by atoms with van der Waals surface area (Å²) in [5.41, 5.74) is 0. The van der Waals surface area contributed by atoms with Gasteiger partial charge in [-0.1, -0.05) is 150 Å². The number of esters is 2. The molecule has 0 rings (SSSR count). The molecule has 0 aromatic heterocycles. The molecule has 0 heterocycles. The third-order valence-corrected chi connectivity index (χ3v) is 9.72. The summed E-state index contributed by atoms with van der Waals surface area (Å²) in [6, 6.07) is -0.631. The van der Waals surface area contributed by atoms with Crippen LogP contribution in [0.25, 0.3) is 0 Å². The second-order valence-corrected chi connectivity index (χ2v) is 16.3. The molecule has 8 heteroatoms. The summed E-state index contributed by atoms with van der Waals surface area (Å²) in [7, 11) is 5.50. The van der Waals surface area contributed by atoms with E-state index in [1.807, 2.05) is 21.1 Å². The van der Waals surface area contributed by atoms with Crippen LogP contribution in [0.3, 0.4) is 0 Å². The number of quaternary nitrogens is 1. The summed E-state index contributed by atoms with van der Waals surface area (Å²) in [6.45, 7) is 4.50. The van der Waals surface area contributed by atoms with Crippen molar-refractivity contribution in [1.29, 1.82) is 0 Å². The number of hydrogen-bond donors (Lipinski definition) is 1. The Morgan fingerprint density at radius 1 is 0.517 bits per heavy atom. The number of carboxylic acids is 1. The monoisotopic (exact) mass is 837 g/mol. The van der Waals surface area contributed by atoms with Gasteiger partial charge in [0.2, 0.25) is 0 Å². The van der Waals surface area contributed by atoms with Crippen molar-refractivity contribution in [2.75, 3.05) is 41.0 Å². The Labute approximate surface area is 366 Å². The van der Waals surface area contributed by atoms with Crippen LogP contribution >= 0.6 is 0 Å². The predicted molar refractivity (Wildman–Crippen MR) is 252 cm³/mol. The van der Waals surface area contributed by atoms with E-state index < -0.39 is 18.1 Å². The largest absolute Gasteiger partial charge is 0.477 e. The Balaban J connectivity index is 4.45. The molecule has 0 aliphatic rings. The van der Waals surface area contributed by atoms with Gasteiger partial charge in [-0.05, 0) is 89.9 Å². The number of carboxylic acid groups (broad SMARTS) is 1. The standard InChI is InChI=1S/C52H85NO7/c1-6-8-10-12-14-16-18-20-22-24-25-27-29-31-33-35-37-39-41-43-51(55)60-48(46-58-45-44-49(52(56)57)53(3,4)5)47-59-50(54)42-40-38-36-34-32-30-28-26-23-21-19-17-15-13-11-9-7-2/h8,10,14-17,20-23,25,27-28,30,34,36,48-49H,6-7,9,11-13,18-19,24,26,29,31-33,35,37-47H2,1-5H3/p+1/b10-8+,16-14+,17-15+,22-20+,23-21+,27-25+,30-28+,36-34+. The van der Waals surface area contributed by atoms with E-state index in [0.717, 1.165) is 83.5 Å². The predicted octanol–water partition coefficient (Wildman–Crippen LogP) is 13.1. The van der Waals surface area contributed by atoms with Gasteiger partial charge in [0.1, 0.15) is 6.61 Å². The zero-order chi connectivity index (χ0) is 44.2. The summed E-state index contributed by atoms with van der Waals surface area (Å²) in [5.74, 6) is -1.57. The van der Waals surface area contributed by atoms with Crippen molar-refractivity contribution >= 4 is 17.9 Å². The maximum Gasteiger partial charge on any atom is 0.362 e. The van der Waals surface area contributed by atoms with Crippen LogP contribution in [-0.4, -0.2) is 80.6 Å². The second kappa shape index (κ2) is 42.0. The van der Waals surface area contributed by atoms with Crippen LogP contribution in [0.1, 0.15) is 162 Å². The van der Waals surface area contributed by atoms with Crippen LogP contribution in [0.5, 0.6) is 0 Å². The lowest BCUT2D eigenvalue weighted by molar-refractivity contribution is -0.887. The van der Waals surface area contributed by atoms with E-state index in [4.69, 9.17) is 14.2 Å². The van der Waals surface area contributed by atoms with Crippen LogP contribution < -0.4 is 0 Å². The lowest BCUT2D eigenvalue weighted by Gasteiger charge is -2.31. The lowest BCUT2D eigenvalue weighted by atomic mass is 10.1. The van der Waals surface area contributed by atoms with Crippen molar-refractivity contribution in [3.05, 3.63) is 97.2 Å². The van der Waals surface area contributed by atoms with Crippen LogP contribution in [-0.2, 0) is 28.6 Å². The molecule has 340 valence electrons. The van der Waals surface area contributed by atoms with E-state index in [2.05, 4.69) is 111 Å². The number of aliphatic carboxylic acids is 1. The van der Waals surface area contributed by atoms with Gasteiger partial charge in [-0.3, -0.25) is 9.59 Å². The van der Waals surface area contributed by atoms with Gasteiger partial charge in [-0.2, -0.15) is 0 Å². The summed E-state index contributed by atoms with van der Waals surface area (Å²) >= 11 is 0. The molecule has 0 fully saturated rings. The number of unbranched alkanes of at least 4 members (excludes halogenated alkanes) is 10. The highest BCUT2D eigenvalue weighted by molar-refractivity contribution is 5.72. The minimum absolute atomic E-state index is 0.0317. The highest BCUT2D eigenvalue weighted by Gasteiger charge is 2.31. The average molecular weight is 837 g/mol. The van der Waals surface area contributed by atoms with Crippen molar-refractivity contribution in [2.45, 2.75) is 174 Å². The number of carbonyl (C=O) groups is 3. The van der Waals surface area contributed by atoms with Crippen molar-refractivity contribution in [3.8, 4) is 0 Å². The number of rotatable bonds is 40. The molecule has 0 saturated carbocycles. The first-order valence-electron chi connectivity index (χ1n) is 23.3. The Morgan fingerprint density at radius 3 is 1.43 bits per heavy atom. The van der Waals surface area contributed by atoms with Crippen molar-refractivity contribution < 1.29 is 38.2 Å². The van der Waals surface area contributed by atoms with Gasteiger partial charge >= 0.3 is 17.9 Å². The SMILES string of the molecule is CC/C=C/C/C=C/C/C=C/C/C=C/CCCCCCCCC(=O)OC(COCCC(C(=O)O)[N+](C)(C)C)COC(=O)CCC/C=C/C/C=C/C/C=C/C/C=C/CCCCC. The van der Waals surface area contributed by atoms with Gasteiger partial charge in [0.15, 0.2) is 12.1 Å². The zero-order valence-corrected chi connectivity index (χ0v) is 38.6. The van der Waals surface area contributed by atoms with E-state index in [-0.39, 0.29) is 42.7 Å². The number of hydrogen-bond acceptors (Lipinski definition) is 6. The first-order valence-corrected chi connectivity index (χ1v) is 23.3. The molecule has 2 atom stereocenters. The van der Waals surface area contributed by atoms with Gasteiger partial charge in [-0.15, -0.1) is 0 Å². The van der Waals surface area contributed by atoms with Crippen LogP contribution in [0.15, 0.2) is 97.2 Å². The minimum Gasteiger partial charge on any atom is -0.477 e. The molecule has 0 aromatic rings. The number of ether oxygens (including phenoxy) is 3. The topological polar surface area (TPSA) is 99.1 Å². The molecule has 0 aliphatic carbocycles. The minimum atomic E-state index is -0.889. The van der Waals surface area contributed by atoms with Crippen LogP contribution in [0.4, 0.5) is 0 Å². The van der Waals surface area contributed by atoms with Crippen molar-refractivity contribution in [1.82, 2.24) is 0 Å². The fourth-order valence-corrected chi connectivity index (χ4v) is 6.13. The second-order valence-electron chi connectivity index (χ2n) is 16.3. The van der Waals surface area contributed by atoms with E-state index in [9.17, 15) is 19.5 Å². The number of likely N-dealkylation sites (N-methyl/N-ethyl adjacent to an activating group) is 1. The van der Waals surface area contributed by atoms with Crippen LogP contribution in [0.2, 0.25) is 0 Å². The molecule has 0 saturated heterocycles. The molecule has 0 amide bonds. The first kappa shape index (κ1) is 56.2. The van der Waals surface area contributed by atoms with Crippen molar-refractivity contribution in [3.63, 3.8) is 0 Å². The fourth-order valence-electron chi connectivity index (χ4n) is 6.13. The smallest absolute Gasteiger partial charge is 0.362 e. The number of nitrogens with zero attached hydrogens (tertiary/aromatic N) is 1. The maximum atomic E-state index is 12.8. The van der Waals surface area contributed by atoms with E-state index >= 15 is 0 Å². The summed E-state index contributed by atoms with van der Waals surface area (Å²) in [6.07, 6.45) is 56.0. The molecular weight excluding hydrogens is 751 g/mol. The quantitative estimate of drug-likeness (QED) is 0.0284. The molecule has 0 aromatic carbocycles. The van der Waals surface area contributed by atoms with Gasteiger partial charge in [0.25, 0.3) is 0 Å². The third-order valence-electron chi connectivity index (χ3n) is 9.72. The molecular formula is C52H86NO7+. The number of carbonyl (C=O) groups excluding carboxylic acids is 2. The van der Waals surface area contributed by atoms with E-state index in [1.165, 1.54) is 38.5 Å². The molecule has 1 N–H and O–H groups in total. The molecule has 8 nitrogen and oxygen atoms in total. The number of allylic oxidation sites excluding steroid dienone is 16. The van der Waals surface area contributed by atoms with E-state index in [1.54, 1.807) is 0 Å². The summed E-state index contributed by atoms with van der Waals surface area (Å²) in [4.78, 5) is 37.0. The fraction of sp³-hybridized carbons (Fsp3) is 0.635. The molecule has 60 heavy (non-hydrogen) atoms. The molecule has 0 bridgehead atoms. The van der Waals surface area contributed by atoms with Gasteiger partial charge < -0.3 is 23.8 Å². The van der Waals surface area contributed by atoms with E-state index in [0.29, 0.717) is 19.3 Å². The van der Waals surface area contributed by atoms with Gasteiger partial charge in [0.05, 0.1) is 34.4 Å². The zero-order valence-electron chi connectivity index (χ0n) is 38.6. The highest BCUT2D eigenvalue weighted by Crippen LogP contribution is 2.12. The molecule has 2 unspecified atom stereocenters. The Morgan fingerprint density at radius 2 is 0.950 bits per heavy atom. The Kier molecular flexibility index (Phi) is 39.3. The summed E-state index contributed by atoms with van der Waals surface area (Å²) in [5, 5.41) is 9.63. The summed E-state index contributed by atoms with van der Waals surface area (Å²) < 4.78 is 17.2. The van der Waals surface area contributed by atoms with Gasteiger partial charge in [-0.25, -0.2) is 4.79 Å². The average Bonchev–Trinajstić information content (AvgIpc) is 3.21. The Hall–Kier alpha value is -3.75. The van der Waals surface area contributed by atoms with Crippen LogP contribution in [0, 0.1) is 0 Å². The molecule has 0 radical (unpaired) electrons. The van der Waals surface area contributed by atoms with Gasteiger partial charge in [0, 0.05) is 19.3 Å². The lowest BCUT2D eigenvalue weighted by Crippen LogP contribution is -2.50. The normalized spacial score (nSPS) is 13.8. The highest BCUT2D eigenvalue weighted by atomic mass is 16.6. The first-order chi connectivity index (χ1) is 29.1. The molecule has 0 spiro atoms. The third kappa shape index (κ3) is 39.7. The maximum absolute atomic E-state index is 12.8. The molecule has 0 aliphatic heterocycles.